The first-order valence-electron chi connectivity index (χ1n) is 6.30. The van der Waals surface area contributed by atoms with Crippen LogP contribution in [-0.4, -0.2) is 0 Å². The standard InChI is InChI=1S/C11H12S.2C2H6/c1-3-9-8(2)12-11-7-5-4-6-10(9)11;2*1-2/h4-7H,3H2,1-2H3;2*1-2H3. The lowest BCUT2D eigenvalue weighted by atomic mass is 10.1. The Bertz CT molecular complexity index is 399. The Morgan fingerprint density at radius 2 is 1.56 bits per heavy atom. The summed E-state index contributed by atoms with van der Waals surface area (Å²) in [7, 11) is 0. The van der Waals surface area contributed by atoms with Crippen molar-refractivity contribution >= 4 is 21.4 Å². The second kappa shape index (κ2) is 8.35. The Hall–Kier alpha value is -0.820. The summed E-state index contributed by atoms with van der Waals surface area (Å²) in [4.78, 5) is 1.47. The highest BCUT2D eigenvalue weighted by atomic mass is 32.1. The van der Waals surface area contributed by atoms with Gasteiger partial charge in [0, 0.05) is 9.58 Å². The lowest BCUT2D eigenvalue weighted by Crippen LogP contribution is -1.78. The van der Waals surface area contributed by atoms with Crippen LogP contribution in [0, 0.1) is 6.92 Å². The maximum atomic E-state index is 2.22. The van der Waals surface area contributed by atoms with E-state index in [1.54, 1.807) is 0 Å². The average molecular weight is 236 g/mol. The van der Waals surface area contributed by atoms with E-state index in [-0.39, 0.29) is 0 Å². The third-order valence-corrected chi connectivity index (χ3v) is 3.38. The van der Waals surface area contributed by atoms with Crippen molar-refractivity contribution in [3.63, 3.8) is 0 Å². The summed E-state index contributed by atoms with van der Waals surface area (Å²) < 4.78 is 1.42. The maximum absolute atomic E-state index is 2.22. The first kappa shape index (κ1) is 15.2. The molecule has 0 bridgehead atoms. The summed E-state index contributed by atoms with van der Waals surface area (Å²) in [5.41, 5.74) is 1.52. The van der Waals surface area contributed by atoms with E-state index in [1.165, 1.54) is 20.5 Å². The van der Waals surface area contributed by atoms with Crippen molar-refractivity contribution in [3.8, 4) is 0 Å². The van der Waals surface area contributed by atoms with Crippen molar-refractivity contribution in [2.24, 2.45) is 0 Å². The van der Waals surface area contributed by atoms with Gasteiger partial charge in [-0.2, -0.15) is 0 Å². The van der Waals surface area contributed by atoms with Gasteiger partial charge in [-0.15, -0.1) is 11.3 Å². The molecule has 0 saturated carbocycles. The minimum Gasteiger partial charge on any atom is -0.140 e. The van der Waals surface area contributed by atoms with Crippen molar-refractivity contribution in [1.29, 1.82) is 0 Å². The van der Waals surface area contributed by atoms with Crippen molar-refractivity contribution in [2.75, 3.05) is 0 Å². The van der Waals surface area contributed by atoms with Gasteiger partial charge in [0.15, 0.2) is 0 Å². The molecule has 0 nitrogen and oxygen atoms in total. The highest BCUT2D eigenvalue weighted by molar-refractivity contribution is 7.19. The third-order valence-electron chi connectivity index (χ3n) is 2.25. The molecule has 90 valence electrons. The number of aryl methyl sites for hydroxylation is 2. The van der Waals surface area contributed by atoms with Crippen molar-refractivity contribution in [2.45, 2.75) is 48.0 Å². The van der Waals surface area contributed by atoms with Gasteiger partial charge in [-0.25, -0.2) is 0 Å². The quantitative estimate of drug-likeness (QED) is 0.585. The van der Waals surface area contributed by atoms with Crippen molar-refractivity contribution < 1.29 is 0 Å². The SMILES string of the molecule is CC.CC.CCc1c(C)sc2ccccc12. The molecule has 1 heterocycles. The van der Waals surface area contributed by atoms with Crippen LogP contribution >= 0.6 is 11.3 Å². The zero-order chi connectivity index (χ0) is 12.6. The van der Waals surface area contributed by atoms with Gasteiger partial charge in [0.1, 0.15) is 0 Å². The van der Waals surface area contributed by atoms with Gasteiger partial charge in [-0.1, -0.05) is 52.8 Å². The highest BCUT2D eigenvalue weighted by Gasteiger charge is 2.04. The molecule has 0 radical (unpaired) electrons. The van der Waals surface area contributed by atoms with E-state index in [1.807, 2.05) is 39.0 Å². The number of hydrogen-bond donors (Lipinski definition) is 0. The van der Waals surface area contributed by atoms with Gasteiger partial charge in [0.25, 0.3) is 0 Å². The third kappa shape index (κ3) is 3.34. The van der Waals surface area contributed by atoms with Crippen LogP contribution in [0.5, 0.6) is 0 Å². The lowest BCUT2D eigenvalue weighted by Gasteiger charge is -1.93. The number of benzene rings is 1. The molecule has 0 aliphatic rings. The van der Waals surface area contributed by atoms with Crippen molar-refractivity contribution in [3.05, 3.63) is 34.7 Å². The highest BCUT2D eigenvalue weighted by Crippen LogP contribution is 2.30. The molecule has 0 atom stereocenters. The van der Waals surface area contributed by atoms with Gasteiger partial charge in [-0.05, 0) is 30.4 Å². The van der Waals surface area contributed by atoms with Crippen LogP contribution in [0.1, 0.15) is 45.1 Å². The maximum Gasteiger partial charge on any atom is 0.0348 e. The molecule has 0 unspecified atom stereocenters. The summed E-state index contributed by atoms with van der Waals surface area (Å²) in [5.74, 6) is 0. The van der Waals surface area contributed by atoms with E-state index in [0.29, 0.717) is 0 Å². The Morgan fingerprint density at radius 3 is 2.12 bits per heavy atom. The molecule has 1 aromatic carbocycles. The zero-order valence-electron chi connectivity index (χ0n) is 11.4. The summed E-state index contributed by atoms with van der Waals surface area (Å²) in [6.07, 6.45) is 1.15. The van der Waals surface area contributed by atoms with Crippen LogP contribution in [0.4, 0.5) is 0 Å². The molecule has 0 saturated heterocycles. The topological polar surface area (TPSA) is 0 Å². The van der Waals surface area contributed by atoms with E-state index >= 15 is 0 Å². The first-order chi connectivity index (χ1) is 7.83. The molecule has 2 aromatic rings. The van der Waals surface area contributed by atoms with E-state index in [4.69, 9.17) is 0 Å². The normalized spacial score (nSPS) is 8.88. The Kier molecular flexibility index (Phi) is 7.92. The summed E-state index contributed by atoms with van der Waals surface area (Å²) in [5, 5.41) is 1.45. The predicted octanol–water partition coefficient (Wildman–Crippen LogP) is 5.82. The smallest absolute Gasteiger partial charge is 0.0348 e. The van der Waals surface area contributed by atoms with E-state index in [2.05, 4.69) is 38.1 Å². The minimum absolute atomic E-state index is 1.15. The number of rotatable bonds is 1. The van der Waals surface area contributed by atoms with Gasteiger partial charge in [0.2, 0.25) is 0 Å². The molecule has 2 rings (SSSR count). The molecule has 0 amide bonds. The van der Waals surface area contributed by atoms with Crippen molar-refractivity contribution in [1.82, 2.24) is 0 Å². The van der Waals surface area contributed by atoms with Gasteiger partial charge < -0.3 is 0 Å². The lowest BCUT2D eigenvalue weighted by molar-refractivity contribution is 1.15. The molecular weight excluding hydrogens is 212 g/mol. The Morgan fingerprint density at radius 1 is 1.00 bits per heavy atom. The van der Waals surface area contributed by atoms with Crippen LogP contribution in [0.15, 0.2) is 24.3 Å². The van der Waals surface area contributed by atoms with E-state index in [0.717, 1.165) is 6.42 Å². The van der Waals surface area contributed by atoms with Crippen LogP contribution in [0.3, 0.4) is 0 Å². The summed E-state index contributed by atoms with van der Waals surface area (Å²) in [6, 6.07) is 8.65. The molecule has 0 fully saturated rings. The molecule has 0 aliphatic heterocycles. The summed E-state index contributed by atoms with van der Waals surface area (Å²) in [6.45, 7) is 12.4. The summed E-state index contributed by atoms with van der Waals surface area (Å²) >= 11 is 1.90. The minimum atomic E-state index is 1.15. The largest absolute Gasteiger partial charge is 0.140 e. The van der Waals surface area contributed by atoms with Crippen LogP contribution in [0.2, 0.25) is 0 Å². The van der Waals surface area contributed by atoms with E-state index in [9.17, 15) is 0 Å². The van der Waals surface area contributed by atoms with Gasteiger partial charge >= 0.3 is 0 Å². The van der Waals surface area contributed by atoms with Crippen LogP contribution in [0.25, 0.3) is 10.1 Å². The molecule has 0 aliphatic carbocycles. The van der Waals surface area contributed by atoms with Gasteiger partial charge in [-0.3, -0.25) is 0 Å². The fraction of sp³-hybridized carbons (Fsp3) is 0.467. The fourth-order valence-electron chi connectivity index (χ4n) is 1.66. The Labute approximate surface area is 104 Å². The second-order valence-electron chi connectivity index (χ2n) is 2.99. The molecule has 16 heavy (non-hydrogen) atoms. The monoisotopic (exact) mass is 236 g/mol. The molecule has 1 aromatic heterocycles. The molecule has 1 heteroatoms. The average Bonchev–Trinajstić information content (AvgIpc) is 2.69. The zero-order valence-corrected chi connectivity index (χ0v) is 12.2. The number of fused-ring (bicyclic) bond motifs is 1. The fourth-order valence-corrected chi connectivity index (χ4v) is 2.82. The first-order valence-corrected chi connectivity index (χ1v) is 7.11. The van der Waals surface area contributed by atoms with Crippen LogP contribution in [-0.2, 0) is 6.42 Å². The van der Waals surface area contributed by atoms with E-state index < -0.39 is 0 Å². The molecular formula is C15H24S. The van der Waals surface area contributed by atoms with Gasteiger partial charge in [0.05, 0.1) is 0 Å². The predicted molar refractivity (Wildman–Crippen MR) is 78.6 cm³/mol. The second-order valence-corrected chi connectivity index (χ2v) is 4.24. The van der Waals surface area contributed by atoms with Crippen LogP contribution < -0.4 is 0 Å². The molecule has 0 spiro atoms. The molecule has 0 N–H and O–H groups in total. The number of thiophene rings is 1. The number of hydrogen-bond acceptors (Lipinski definition) is 1. The Balaban J connectivity index is 0.000000509.